The molecule has 0 saturated heterocycles. The Kier molecular flexibility index (Phi) is 6.07. The molecule has 0 spiro atoms. The van der Waals surface area contributed by atoms with Crippen molar-refractivity contribution in [1.82, 2.24) is 9.55 Å². The number of nitriles is 1. The minimum Gasteiger partial charge on any atom is -0.493 e. The molecule has 0 aliphatic carbocycles. The lowest BCUT2D eigenvalue weighted by Gasteiger charge is -2.12. The summed E-state index contributed by atoms with van der Waals surface area (Å²) in [6.07, 6.45) is 1.57. The lowest BCUT2D eigenvalue weighted by atomic mass is 10.2. The highest BCUT2D eigenvalue weighted by Crippen LogP contribution is 2.22. The van der Waals surface area contributed by atoms with Crippen LogP contribution in [0.2, 0.25) is 5.02 Å². The number of aromatic nitrogens is 2. The first kappa shape index (κ1) is 20.1. The Morgan fingerprint density at radius 1 is 1.20 bits per heavy atom. The van der Waals surface area contributed by atoms with Crippen LogP contribution in [0.1, 0.15) is 11.3 Å². The third kappa shape index (κ3) is 4.51. The summed E-state index contributed by atoms with van der Waals surface area (Å²) in [5, 5.41) is 10.6. The van der Waals surface area contributed by atoms with E-state index in [1.165, 1.54) is 11.8 Å². The molecule has 0 unspecified atom stereocenters. The zero-order chi connectivity index (χ0) is 20.9. The molecule has 0 aliphatic rings. The van der Waals surface area contributed by atoms with Crippen LogP contribution in [-0.2, 0) is 6.54 Å². The second kappa shape index (κ2) is 9.08. The summed E-state index contributed by atoms with van der Waals surface area (Å²) in [6.45, 7) is 0.675. The first-order chi connectivity index (χ1) is 14.6. The van der Waals surface area contributed by atoms with Crippen LogP contribution < -0.4 is 10.3 Å². The fourth-order valence-corrected chi connectivity index (χ4v) is 3.91. The molecule has 0 bridgehead atoms. The maximum Gasteiger partial charge on any atom is 0.262 e. The predicted molar refractivity (Wildman–Crippen MR) is 116 cm³/mol. The second-order valence-electron chi connectivity index (χ2n) is 6.36. The van der Waals surface area contributed by atoms with Crippen LogP contribution in [-0.4, -0.2) is 21.9 Å². The maximum absolute atomic E-state index is 13.1. The summed E-state index contributed by atoms with van der Waals surface area (Å²) >= 11 is 7.49. The minimum atomic E-state index is -0.154. The number of halogens is 1. The van der Waals surface area contributed by atoms with E-state index in [0.29, 0.717) is 50.5 Å². The van der Waals surface area contributed by atoms with Crippen LogP contribution >= 0.6 is 23.4 Å². The molecule has 30 heavy (non-hydrogen) atoms. The zero-order valence-electron chi connectivity index (χ0n) is 15.7. The van der Waals surface area contributed by atoms with Gasteiger partial charge in [-0.3, -0.25) is 9.36 Å². The van der Waals surface area contributed by atoms with E-state index in [1.54, 1.807) is 59.4 Å². The molecule has 0 fully saturated rings. The van der Waals surface area contributed by atoms with Crippen LogP contribution in [0.15, 0.2) is 75.2 Å². The van der Waals surface area contributed by atoms with Crippen LogP contribution in [0.5, 0.6) is 5.75 Å². The molecule has 150 valence electrons. The van der Waals surface area contributed by atoms with Crippen molar-refractivity contribution in [3.63, 3.8) is 0 Å². The highest BCUT2D eigenvalue weighted by Gasteiger charge is 2.13. The number of ether oxygens (including phenoxy) is 1. The molecule has 8 heteroatoms. The molecule has 4 rings (SSSR count). The van der Waals surface area contributed by atoms with Crippen LogP contribution in [0, 0.1) is 11.3 Å². The topological polar surface area (TPSA) is 81.0 Å². The molecule has 0 saturated carbocycles. The number of hydrogen-bond donors (Lipinski definition) is 0. The molecule has 0 N–H and O–H groups in total. The largest absolute Gasteiger partial charge is 0.493 e. The lowest BCUT2D eigenvalue weighted by molar-refractivity contribution is 0.343. The van der Waals surface area contributed by atoms with Gasteiger partial charge >= 0.3 is 0 Å². The van der Waals surface area contributed by atoms with Crippen LogP contribution in [0.4, 0.5) is 0 Å². The molecular weight excluding hydrogens is 422 g/mol. The quantitative estimate of drug-likeness (QED) is 0.236. The van der Waals surface area contributed by atoms with E-state index in [-0.39, 0.29) is 12.1 Å². The normalized spacial score (nSPS) is 10.8. The predicted octanol–water partition coefficient (Wildman–Crippen LogP) is 4.73. The Hall–Kier alpha value is -3.21. The minimum absolute atomic E-state index is 0.154. The summed E-state index contributed by atoms with van der Waals surface area (Å²) in [4.78, 5) is 17.7. The monoisotopic (exact) mass is 437 g/mol. The van der Waals surface area contributed by atoms with E-state index in [2.05, 4.69) is 11.1 Å². The Balaban J connectivity index is 1.56. The number of thioether (sulfide) groups is 1. The van der Waals surface area contributed by atoms with Crippen molar-refractivity contribution in [2.45, 2.75) is 11.7 Å². The van der Waals surface area contributed by atoms with Gasteiger partial charge in [-0.2, -0.15) is 5.26 Å². The molecule has 2 heterocycles. The van der Waals surface area contributed by atoms with Gasteiger partial charge in [-0.05, 0) is 48.5 Å². The number of fused-ring (bicyclic) bond motifs is 1. The summed E-state index contributed by atoms with van der Waals surface area (Å²) in [7, 11) is 0. The summed E-state index contributed by atoms with van der Waals surface area (Å²) in [5.74, 6) is 1.85. The number of furan rings is 1. The van der Waals surface area contributed by atoms with Gasteiger partial charge in [-0.15, -0.1) is 0 Å². The van der Waals surface area contributed by atoms with Gasteiger partial charge in [0.25, 0.3) is 5.56 Å². The molecule has 4 aromatic rings. The Morgan fingerprint density at radius 2 is 2.10 bits per heavy atom. The first-order valence-electron chi connectivity index (χ1n) is 9.12. The van der Waals surface area contributed by atoms with Gasteiger partial charge < -0.3 is 9.15 Å². The highest BCUT2D eigenvalue weighted by atomic mass is 35.5. The van der Waals surface area contributed by atoms with Crippen molar-refractivity contribution in [3.8, 4) is 11.8 Å². The second-order valence-corrected chi connectivity index (χ2v) is 7.86. The van der Waals surface area contributed by atoms with Gasteiger partial charge in [0.15, 0.2) is 5.16 Å². The fraction of sp³-hybridized carbons (Fsp3) is 0.136. The van der Waals surface area contributed by atoms with Gasteiger partial charge in [0.1, 0.15) is 11.5 Å². The van der Waals surface area contributed by atoms with E-state index in [1.807, 2.05) is 6.07 Å². The van der Waals surface area contributed by atoms with Gasteiger partial charge in [0, 0.05) is 10.8 Å². The number of hydrogen-bond acceptors (Lipinski definition) is 6. The third-order valence-electron chi connectivity index (χ3n) is 4.32. The smallest absolute Gasteiger partial charge is 0.262 e. The van der Waals surface area contributed by atoms with Crippen molar-refractivity contribution in [3.05, 3.63) is 87.6 Å². The van der Waals surface area contributed by atoms with E-state index >= 15 is 0 Å². The molecule has 6 nitrogen and oxygen atoms in total. The summed E-state index contributed by atoms with van der Waals surface area (Å²) in [5.41, 5.74) is 0.937. The molecule has 2 aromatic heterocycles. The van der Waals surface area contributed by atoms with E-state index in [4.69, 9.17) is 26.0 Å². The lowest BCUT2D eigenvalue weighted by Crippen LogP contribution is -2.24. The van der Waals surface area contributed by atoms with Gasteiger partial charge in [0.05, 0.1) is 42.0 Å². The standard InChI is InChI=1S/C22H16ClN3O3S/c23-16-6-7-19-20(12-16)25-22(26(21(19)27)14-18-5-2-8-28-18)30-10-9-29-17-4-1-3-15(11-17)13-24/h1-8,11-12H,9-10,14H2. The fourth-order valence-electron chi connectivity index (χ4n) is 2.93. The zero-order valence-corrected chi connectivity index (χ0v) is 17.3. The van der Waals surface area contributed by atoms with Crippen LogP contribution in [0.3, 0.4) is 0 Å². The molecule has 0 aliphatic heterocycles. The third-order valence-corrected chi connectivity index (χ3v) is 5.50. The molecular formula is C22H16ClN3O3S. The van der Waals surface area contributed by atoms with Gasteiger partial charge in [-0.1, -0.05) is 29.4 Å². The maximum atomic E-state index is 13.1. The van der Waals surface area contributed by atoms with Gasteiger partial charge in [-0.25, -0.2) is 4.98 Å². The van der Waals surface area contributed by atoms with Crippen molar-refractivity contribution in [1.29, 1.82) is 5.26 Å². The number of rotatable bonds is 7. The summed E-state index contributed by atoms with van der Waals surface area (Å²) < 4.78 is 12.7. The molecule has 0 amide bonds. The average molecular weight is 438 g/mol. The molecule has 0 atom stereocenters. The highest BCUT2D eigenvalue weighted by molar-refractivity contribution is 7.99. The molecule has 2 aromatic carbocycles. The first-order valence-corrected chi connectivity index (χ1v) is 10.5. The van der Waals surface area contributed by atoms with Gasteiger partial charge in [0.2, 0.25) is 0 Å². The van der Waals surface area contributed by atoms with Crippen molar-refractivity contribution in [2.75, 3.05) is 12.4 Å². The van der Waals surface area contributed by atoms with E-state index < -0.39 is 0 Å². The average Bonchev–Trinajstić information content (AvgIpc) is 3.27. The van der Waals surface area contributed by atoms with Crippen LogP contribution in [0.25, 0.3) is 10.9 Å². The summed E-state index contributed by atoms with van der Waals surface area (Å²) in [6, 6.07) is 17.7. The Bertz CT molecular complexity index is 1280. The Morgan fingerprint density at radius 3 is 2.90 bits per heavy atom. The Labute approximate surface area is 181 Å². The SMILES string of the molecule is N#Cc1cccc(OCCSc2nc3cc(Cl)ccc3c(=O)n2Cc2ccco2)c1. The van der Waals surface area contributed by atoms with E-state index in [0.717, 1.165) is 0 Å². The van der Waals surface area contributed by atoms with Crippen molar-refractivity contribution in [2.24, 2.45) is 0 Å². The van der Waals surface area contributed by atoms with E-state index in [9.17, 15) is 4.79 Å². The number of benzene rings is 2. The van der Waals surface area contributed by atoms with Crippen molar-refractivity contribution < 1.29 is 9.15 Å². The molecule has 0 radical (unpaired) electrons. The van der Waals surface area contributed by atoms with Crippen molar-refractivity contribution >= 4 is 34.3 Å². The number of nitrogens with zero attached hydrogens (tertiary/aromatic N) is 3.